The number of hydrogen-bond donors (Lipinski definition) is 1. The van der Waals surface area contributed by atoms with Crippen molar-refractivity contribution in [3.8, 4) is 0 Å². The molecule has 0 saturated heterocycles. The highest BCUT2D eigenvalue weighted by Gasteiger charge is 2.30. The van der Waals surface area contributed by atoms with Crippen LogP contribution in [0, 0.1) is 0 Å². The number of hydrogen-bond acceptors (Lipinski definition) is 4. The average molecular weight is 236 g/mol. The van der Waals surface area contributed by atoms with Crippen LogP contribution in [-0.4, -0.2) is 26.8 Å². The zero-order valence-corrected chi connectivity index (χ0v) is 9.59. The van der Waals surface area contributed by atoms with E-state index in [1.54, 1.807) is 11.8 Å². The molecule has 2 heterocycles. The number of carbonyl (C=O) groups is 1. The summed E-state index contributed by atoms with van der Waals surface area (Å²) in [5.41, 5.74) is 2.04. The van der Waals surface area contributed by atoms with Crippen molar-refractivity contribution in [2.45, 2.75) is 30.9 Å². The Balaban J connectivity index is 2.12. The molecule has 3 rings (SSSR count). The van der Waals surface area contributed by atoms with Gasteiger partial charge in [-0.3, -0.25) is 0 Å². The van der Waals surface area contributed by atoms with E-state index in [1.165, 1.54) is 0 Å². The summed E-state index contributed by atoms with van der Waals surface area (Å²) in [4.78, 5) is 19.9. The molecule has 0 atom stereocenters. The fourth-order valence-corrected chi connectivity index (χ4v) is 2.94. The lowest BCUT2D eigenvalue weighted by molar-refractivity contribution is 0.0688. The number of carboxylic acids is 1. The largest absolute Gasteiger partial charge is 0.476 e. The van der Waals surface area contributed by atoms with E-state index in [0.29, 0.717) is 5.92 Å². The Labute approximate surface area is 97.5 Å². The third-order valence-electron chi connectivity index (χ3n) is 2.98. The van der Waals surface area contributed by atoms with E-state index >= 15 is 0 Å². The molecule has 1 aliphatic carbocycles. The van der Waals surface area contributed by atoms with Crippen LogP contribution in [0.4, 0.5) is 0 Å². The smallest absolute Gasteiger partial charge is 0.354 e. The van der Waals surface area contributed by atoms with Crippen LogP contribution >= 0.6 is 11.8 Å². The molecule has 2 aliphatic rings. The maximum Gasteiger partial charge on any atom is 0.354 e. The van der Waals surface area contributed by atoms with Crippen molar-refractivity contribution in [2.24, 2.45) is 0 Å². The molecule has 1 aromatic heterocycles. The lowest BCUT2D eigenvalue weighted by Gasteiger charge is -2.17. The summed E-state index contributed by atoms with van der Waals surface area (Å²) < 4.78 is 0. The number of thioether (sulfide) groups is 1. The van der Waals surface area contributed by atoms with E-state index < -0.39 is 5.97 Å². The average Bonchev–Trinajstić information content (AvgIpc) is 3.11. The van der Waals surface area contributed by atoms with Gasteiger partial charge < -0.3 is 5.11 Å². The number of aromatic nitrogens is 2. The Bertz CT molecular complexity index is 458. The first-order chi connectivity index (χ1) is 7.75. The molecule has 1 aromatic rings. The summed E-state index contributed by atoms with van der Waals surface area (Å²) in [5.74, 6) is 2.03. The molecule has 4 nitrogen and oxygen atoms in total. The Hall–Kier alpha value is -1.10. The molecule has 5 heteroatoms. The van der Waals surface area contributed by atoms with Crippen molar-refractivity contribution >= 4 is 17.7 Å². The first kappa shape index (κ1) is 10.1. The topological polar surface area (TPSA) is 63.1 Å². The Morgan fingerprint density at radius 2 is 2.19 bits per heavy atom. The molecule has 0 radical (unpaired) electrons. The zero-order chi connectivity index (χ0) is 11.1. The third kappa shape index (κ3) is 1.69. The van der Waals surface area contributed by atoms with Crippen molar-refractivity contribution in [3.05, 3.63) is 22.8 Å². The van der Waals surface area contributed by atoms with E-state index in [4.69, 9.17) is 5.11 Å². The summed E-state index contributed by atoms with van der Waals surface area (Å²) in [5, 5.41) is 9.17. The second-order valence-corrected chi connectivity index (χ2v) is 5.34. The molecule has 1 saturated carbocycles. The molecule has 16 heavy (non-hydrogen) atoms. The van der Waals surface area contributed by atoms with E-state index in [-0.39, 0.29) is 5.69 Å². The maximum absolute atomic E-state index is 11.2. The quantitative estimate of drug-likeness (QED) is 0.849. The minimum atomic E-state index is -0.914. The van der Waals surface area contributed by atoms with Crippen molar-refractivity contribution < 1.29 is 9.90 Å². The van der Waals surface area contributed by atoms with Gasteiger partial charge in [-0.15, -0.1) is 0 Å². The van der Waals surface area contributed by atoms with Crippen LogP contribution in [0.25, 0.3) is 0 Å². The van der Waals surface area contributed by atoms with Gasteiger partial charge in [0.2, 0.25) is 0 Å². The molecule has 0 aromatic carbocycles. The van der Waals surface area contributed by atoms with E-state index in [0.717, 1.165) is 47.8 Å². The highest BCUT2D eigenvalue weighted by molar-refractivity contribution is 7.98. The molecular weight excluding hydrogens is 224 g/mol. The number of rotatable bonds is 2. The first-order valence-electron chi connectivity index (χ1n) is 5.46. The van der Waals surface area contributed by atoms with Crippen molar-refractivity contribution in [1.29, 1.82) is 0 Å². The standard InChI is InChI=1S/C11H12N2O2S/c14-11(15)9-7-5-16-4-3-8(7)12-10(13-9)6-1-2-6/h6H,1-5H2,(H,14,15). The van der Waals surface area contributed by atoms with Crippen LogP contribution in [0.15, 0.2) is 0 Å². The zero-order valence-electron chi connectivity index (χ0n) is 8.77. The third-order valence-corrected chi connectivity index (χ3v) is 3.97. The van der Waals surface area contributed by atoms with Gasteiger partial charge >= 0.3 is 5.97 Å². The summed E-state index contributed by atoms with van der Waals surface area (Å²) in [6, 6.07) is 0. The van der Waals surface area contributed by atoms with Gasteiger partial charge in [0, 0.05) is 22.9 Å². The van der Waals surface area contributed by atoms with Gasteiger partial charge in [0.25, 0.3) is 0 Å². The first-order valence-corrected chi connectivity index (χ1v) is 6.62. The normalized spacial score (nSPS) is 19.2. The highest BCUT2D eigenvalue weighted by Crippen LogP contribution is 2.39. The van der Waals surface area contributed by atoms with Crippen molar-refractivity contribution in [2.75, 3.05) is 5.75 Å². The fourth-order valence-electron chi connectivity index (χ4n) is 1.95. The molecule has 0 amide bonds. The summed E-state index contributed by atoms with van der Waals surface area (Å²) in [7, 11) is 0. The van der Waals surface area contributed by atoms with Gasteiger partial charge in [-0.25, -0.2) is 14.8 Å². The van der Waals surface area contributed by atoms with Gasteiger partial charge in [-0.1, -0.05) is 0 Å². The number of nitrogens with zero attached hydrogens (tertiary/aromatic N) is 2. The van der Waals surface area contributed by atoms with Gasteiger partial charge in [0.1, 0.15) is 5.82 Å². The van der Waals surface area contributed by atoms with Crippen LogP contribution in [-0.2, 0) is 12.2 Å². The number of fused-ring (bicyclic) bond motifs is 1. The highest BCUT2D eigenvalue weighted by atomic mass is 32.2. The SMILES string of the molecule is O=C(O)c1nc(C2CC2)nc2c1CSCC2. The van der Waals surface area contributed by atoms with E-state index in [2.05, 4.69) is 9.97 Å². The lowest BCUT2D eigenvalue weighted by atomic mass is 10.1. The second-order valence-electron chi connectivity index (χ2n) is 4.24. The Kier molecular flexibility index (Phi) is 2.35. The van der Waals surface area contributed by atoms with Crippen LogP contribution in [0.2, 0.25) is 0 Å². The molecule has 1 aliphatic heterocycles. The molecular formula is C11H12N2O2S. The lowest BCUT2D eigenvalue weighted by Crippen LogP contribution is -2.16. The number of carboxylic acid groups (broad SMARTS) is 1. The van der Waals surface area contributed by atoms with Gasteiger partial charge in [-0.05, 0) is 25.0 Å². The molecule has 84 valence electrons. The van der Waals surface area contributed by atoms with E-state index in [1.807, 2.05) is 0 Å². The molecule has 1 N–H and O–H groups in total. The van der Waals surface area contributed by atoms with E-state index in [9.17, 15) is 4.79 Å². The summed E-state index contributed by atoms with van der Waals surface area (Å²) in [6.07, 6.45) is 3.09. The minimum absolute atomic E-state index is 0.235. The van der Waals surface area contributed by atoms with Crippen LogP contribution < -0.4 is 0 Å². The minimum Gasteiger partial charge on any atom is -0.476 e. The van der Waals surface area contributed by atoms with Crippen LogP contribution in [0.1, 0.15) is 46.3 Å². The summed E-state index contributed by atoms with van der Waals surface area (Å²) in [6.45, 7) is 0. The monoisotopic (exact) mass is 236 g/mol. The molecule has 0 unspecified atom stereocenters. The second kappa shape index (κ2) is 3.73. The number of aromatic carboxylic acids is 1. The van der Waals surface area contributed by atoms with Crippen molar-refractivity contribution in [1.82, 2.24) is 9.97 Å². The number of aryl methyl sites for hydroxylation is 1. The van der Waals surface area contributed by atoms with Crippen LogP contribution in [0.5, 0.6) is 0 Å². The van der Waals surface area contributed by atoms with Gasteiger partial charge in [0.15, 0.2) is 5.69 Å². The van der Waals surface area contributed by atoms with Crippen molar-refractivity contribution in [3.63, 3.8) is 0 Å². The van der Waals surface area contributed by atoms with Gasteiger partial charge in [-0.2, -0.15) is 11.8 Å². The molecule has 0 bridgehead atoms. The Morgan fingerprint density at radius 3 is 2.88 bits per heavy atom. The Morgan fingerprint density at radius 1 is 1.38 bits per heavy atom. The maximum atomic E-state index is 11.2. The predicted molar refractivity (Wildman–Crippen MR) is 60.8 cm³/mol. The van der Waals surface area contributed by atoms with Gasteiger partial charge in [0.05, 0.1) is 0 Å². The van der Waals surface area contributed by atoms with Crippen LogP contribution in [0.3, 0.4) is 0 Å². The molecule has 1 fully saturated rings. The summed E-state index contributed by atoms with van der Waals surface area (Å²) >= 11 is 1.76. The fraction of sp³-hybridized carbons (Fsp3) is 0.545. The predicted octanol–water partition coefficient (Wildman–Crippen LogP) is 1.84. The molecule has 0 spiro atoms.